The largest absolute Gasteiger partial charge is 0.486 e. The molecule has 18 heavy (non-hydrogen) atoms. The zero-order valence-corrected chi connectivity index (χ0v) is 12.8. The van der Waals surface area contributed by atoms with E-state index in [1.54, 1.807) is 13.8 Å². The quantitative estimate of drug-likeness (QED) is 0.907. The highest BCUT2D eigenvalue weighted by molar-refractivity contribution is 9.10. The van der Waals surface area contributed by atoms with Gasteiger partial charge in [0.2, 0.25) is 0 Å². The summed E-state index contributed by atoms with van der Waals surface area (Å²) in [6.45, 7) is 8.88. The number of aliphatic hydroxyl groups is 1. The monoisotopic (exact) mass is 314 g/mol. The van der Waals surface area contributed by atoms with Crippen molar-refractivity contribution in [2.75, 3.05) is 13.2 Å². The fourth-order valence-electron chi connectivity index (χ4n) is 2.35. The molecule has 0 bridgehead atoms. The van der Waals surface area contributed by atoms with Gasteiger partial charge in [-0.3, -0.25) is 0 Å². The van der Waals surface area contributed by atoms with Crippen LogP contribution in [0.1, 0.15) is 44.7 Å². The van der Waals surface area contributed by atoms with Crippen LogP contribution in [-0.4, -0.2) is 18.3 Å². The van der Waals surface area contributed by atoms with Crippen molar-refractivity contribution < 1.29 is 14.6 Å². The number of rotatable bonds is 2. The van der Waals surface area contributed by atoms with Crippen LogP contribution in [0.25, 0.3) is 0 Å². The molecule has 1 aliphatic rings. The summed E-state index contributed by atoms with van der Waals surface area (Å²) in [7, 11) is 0. The van der Waals surface area contributed by atoms with E-state index in [1.807, 2.05) is 6.07 Å². The highest BCUT2D eigenvalue weighted by Crippen LogP contribution is 2.46. The third-order valence-corrected chi connectivity index (χ3v) is 3.64. The lowest BCUT2D eigenvalue weighted by molar-refractivity contribution is 0.0752. The Morgan fingerprint density at radius 1 is 1.28 bits per heavy atom. The minimum atomic E-state index is -0.922. The van der Waals surface area contributed by atoms with Crippen molar-refractivity contribution in [1.82, 2.24) is 0 Å². The van der Waals surface area contributed by atoms with E-state index in [2.05, 4.69) is 29.8 Å². The predicted molar refractivity (Wildman–Crippen MR) is 74.5 cm³/mol. The van der Waals surface area contributed by atoms with Gasteiger partial charge in [0.05, 0.1) is 5.60 Å². The second kappa shape index (κ2) is 4.74. The lowest BCUT2D eigenvalue weighted by Gasteiger charge is -2.30. The van der Waals surface area contributed by atoms with Crippen LogP contribution in [0.3, 0.4) is 0 Å². The molecule has 0 saturated heterocycles. The number of hydrogen-bond donors (Lipinski definition) is 1. The maximum absolute atomic E-state index is 10.4. The van der Waals surface area contributed by atoms with E-state index in [4.69, 9.17) is 9.47 Å². The van der Waals surface area contributed by atoms with Crippen molar-refractivity contribution in [3.8, 4) is 11.5 Å². The molecule has 0 aromatic heterocycles. The second-order valence-electron chi connectivity index (χ2n) is 5.38. The van der Waals surface area contributed by atoms with E-state index in [1.165, 1.54) is 0 Å². The van der Waals surface area contributed by atoms with E-state index >= 15 is 0 Å². The van der Waals surface area contributed by atoms with Crippen LogP contribution in [0, 0.1) is 0 Å². The Kier molecular flexibility index (Phi) is 3.60. The molecule has 4 heteroatoms. The van der Waals surface area contributed by atoms with Gasteiger partial charge in [0.15, 0.2) is 11.5 Å². The van der Waals surface area contributed by atoms with Crippen LogP contribution in [0.15, 0.2) is 10.5 Å². The molecule has 100 valence electrons. The Morgan fingerprint density at radius 3 is 2.44 bits per heavy atom. The molecular weight excluding hydrogens is 296 g/mol. The van der Waals surface area contributed by atoms with Crippen LogP contribution in [0.5, 0.6) is 11.5 Å². The summed E-state index contributed by atoms with van der Waals surface area (Å²) in [5.74, 6) is 1.78. The summed E-state index contributed by atoms with van der Waals surface area (Å²) >= 11 is 3.53. The first-order valence-corrected chi connectivity index (χ1v) is 6.96. The van der Waals surface area contributed by atoms with Crippen molar-refractivity contribution in [2.24, 2.45) is 0 Å². The molecule has 0 radical (unpaired) electrons. The molecule has 1 aromatic rings. The van der Waals surface area contributed by atoms with Gasteiger partial charge in [-0.05, 0) is 25.8 Å². The first kappa shape index (κ1) is 13.7. The van der Waals surface area contributed by atoms with E-state index in [9.17, 15) is 5.11 Å². The SMILES string of the molecule is CC(C)c1c2c(cc(Br)c1C(C)(C)O)OCCO2. The van der Waals surface area contributed by atoms with Gasteiger partial charge in [-0.1, -0.05) is 29.8 Å². The van der Waals surface area contributed by atoms with Gasteiger partial charge in [0, 0.05) is 15.6 Å². The van der Waals surface area contributed by atoms with Crippen molar-refractivity contribution >= 4 is 15.9 Å². The lowest BCUT2D eigenvalue weighted by atomic mass is 9.86. The van der Waals surface area contributed by atoms with Gasteiger partial charge in [-0.15, -0.1) is 0 Å². The second-order valence-corrected chi connectivity index (χ2v) is 6.24. The molecular formula is C14H19BrO3. The smallest absolute Gasteiger partial charge is 0.165 e. The maximum Gasteiger partial charge on any atom is 0.165 e. The van der Waals surface area contributed by atoms with E-state index in [-0.39, 0.29) is 5.92 Å². The third kappa shape index (κ3) is 2.36. The predicted octanol–water partition coefficient (Wildman–Crippen LogP) is 3.57. The summed E-state index contributed by atoms with van der Waals surface area (Å²) in [6, 6.07) is 1.88. The fraction of sp³-hybridized carbons (Fsp3) is 0.571. The number of ether oxygens (including phenoxy) is 2. The topological polar surface area (TPSA) is 38.7 Å². The van der Waals surface area contributed by atoms with Gasteiger partial charge in [-0.2, -0.15) is 0 Å². The molecule has 0 unspecified atom stereocenters. The van der Waals surface area contributed by atoms with Gasteiger partial charge in [-0.25, -0.2) is 0 Å². The average Bonchev–Trinajstić information content (AvgIpc) is 2.25. The van der Waals surface area contributed by atoms with Crippen molar-refractivity contribution in [3.63, 3.8) is 0 Å². The Labute approximate surface area is 116 Å². The number of hydrogen-bond acceptors (Lipinski definition) is 3. The van der Waals surface area contributed by atoms with Crippen LogP contribution in [-0.2, 0) is 5.60 Å². The van der Waals surface area contributed by atoms with Gasteiger partial charge in [0.25, 0.3) is 0 Å². The summed E-state index contributed by atoms with van der Waals surface area (Å²) in [4.78, 5) is 0. The Hall–Kier alpha value is -0.740. The molecule has 1 heterocycles. The Bertz CT molecular complexity index is 461. The minimum Gasteiger partial charge on any atom is -0.486 e. The van der Waals surface area contributed by atoms with Crippen molar-refractivity contribution in [1.29, 1.82) is 0 Å². The summed E-state index contributed by atoms with van der Waals surface area (Å²) in [5.41, 5.74) is 0.974. The summed E-state index contributed by atoms with van der Waals surface area (Å²) in [6.07, 6.45) is 0. The molecule has 2 rings (SSSR count). The molecule has 0 spiro atoms. The third-order valence-electron chi connectivity index (χ3n) is 3.01. The van der Waals surface area contributed by atoms with E-state index < -0.39 is 5.60 Å². The molecule has 0 aliphatic carbocycles. The van der Waals surface area contributed by atoms with Crippen molar-refractivity contribution in [2.45, 2.75) is 39.2 Å². The van der Waals surface area contributed by atoms with Gasteiger partial charge in [0.1, 0.15) is 13.2 Å². The zero-order chi connectivity index (χ0) is 13.5. The highest BCUT2D eigenvalue weighted by atomic mass is 79.9. The molecule has 1 aliphatic heterocycles. The Balaban J connectivity index is 2.73. The van der Waals surface area contributed by atoms with Gasteiger partial charge >= 0.3 is 0 Å². The highest BCUT2D eigenvalue weighted by Gasteiger charge is 2.30. The standard InChI is InChI=1S/C14H19BrO3/c1-8(2)11-12(14(3,4)16)9(15)7-10-13(11)18-6-5-17-10/h7-8,16H,5-6H2,1-4H3. The number of benzene rings is 1. The Morgan fingerprint density at radius 2 is 1.89 bits per heavy atom. The summed E-state index contributed by atoms with van der Waals surface area (Å²) < 4.78 is 12.2. The summed E-state index contributed by atoms with van der Waals surface area (Å²) in [5, 5.41) is 10.4. The molecule has 0 atom stereocenters. The molecule has 3 nitrogen and oxygen atoms in total. The van der Waals surface area contributed by atoms with Crippen molar-refractivity contribution in [3.05, 3.63) is 21.7 Å². The normalized spacial score (nSPS) is 15.1. The molecule has 0 fully saturated rings. The van der Waals surface area contributed by atoms with Crippen LogP contribution < -0.4 is 9.47 Å². The first-order chi connectivity index (χ1) is 8.32. The fourth-order valence-corrected chi connectivity index (χ4v) is 3.26. The van der Waals surface area contributed by atoms with E-state index in [0.717, 1.165) is 27.1 Å². The van der Waals surface area contributed by atoms with E-state index in [0.29, 0.717) is 13.2 Å². The number of fused-ring (bicyclic) bond motifs is 1. The first-order valence-electron chi connectivity index (χ1n) is 6.17. The molecule has 1 N–H and O–H groups in total. The maximum atomic E-state index is 10.4. The minimum absolute atomic E-state index is 0.249. The average molecular weight is 315 g/mol. The molecule has 0 amide bonds. The molecule has 0 saturated carbocycles. The molecule has 1 aromatic carbocycles. The van der Waals surface area contributed by atoms with Crippen LogP contribution >= 0.6 is 15.9 Å². The van der Waals surface area contributed by atoms with Gasteiger partial charge < -0.3 is 14.6 Å². The zero-order valence-electron chi connectivity index (χ0n) is 11.2. The van der Waals surface area contributed by atoms with Crippen LogP contribution in [0.2, 0.25) is 0 Å². The lowest BCUT2D eigenvalue weighted by Crippen LogP contribution is -2.23. The number of halogens is 1. The van der Waals surface area contributed by atoms with Crippen LogP contribution in [0.4, 0.5) is 0 Å².